The third-order valence-corrected chi connectivity index (χ3v) is 4.81. The van der Waals surface area contributed by atoms with Gasteiger partial charge < -0.3 is 10.1 Å². The molecule has 1 unspecified atom stereocenters. The topological polar surface area (TPSA) is 39.1 Å². The molecule has 2 aromatic rings. The van der Waals surface area contributed by atoms with Gasteiger partial charge in [0, 0.05) is 13.5 Å². The van der Waals surface area contributed by atoms with Crippen LogP contribution in [0.3, 0.4) is 0 Å². The maximum atomic E-state index is 6.35. The average Bonchev–Trinajstić information content (AvgIpc) is 2.98. The zero-order valence-corrected chi connectivity index (χ0v) is 13.8. The van der Waals surface area contributed by atoms with Gasteiger partial charge in [-0.1, -0.05) is 18.5 Å². The Hall–Kier alpha value is -1.04. The van der Waals surface area contributed by atoms with Crippen molar-refractivity contribution >= 4 is 22.9 Å². The van der Waals surface area contributed by atoms with Crippen LogP contribution in [0.15, 0.2) is 11.4 Å². The lowest BCUT2D eigenvalue weighted by Gasteiger charge is -2.18. The first-order valence-electron chi connectivity index (χ1n) is 6.61. The molecule has 0 saturated heterocycles. The lowest BCUT2D eigenvalue weighted by atomic mass is 10.1. The third kappa shape index (κ3) is 3.00. The first kappa shape index (κ1) is 15.4. The number of hydrogen-bond acceptors (Lipinski definition) is 4. The van der Waals surface area contributed by atoms with E-state index in [1.807, 2.05) is 24.7 Å². The van der Waals surface area contributed by atoms with Gasteiger partial charge in [-0.3, -0.25) is 4.68 Å². The predicted octanol–water partition coefficient (Wildman–Crippen LogP) is 3.35. The molecule has 0 aliphatic carbocycles. The lowest BCUT2D eigenvalue weighted by Crippen LogP contribution is -2.23. The molecule has 0 fully saturated rings. The van der Waals surface area contributed by atoms with Crippen LogP contribution in [0.2, 0.25) is 5.02 Å². The van der Waals surface area contributed by atoms with Crippen LogP contribution in [-0.2, 0) is 13.5 Å². The first-order chi connectivity index (χ1) is 9.58. The Kier molecular flexibility index (Phi) is 5.07. The summed E-state index contributed by atoms with van der Waals surface area (Å²) in [6.45, 7) is 4.92. The minimum absolute atomic E-state index is 0.183. The molecule has 0 amide bonds. The van der Waals surface area contributed by atoms with Gasteiger partial charge in [-0.15, -0.1) is 11.3 Å². The van der Waals surface area contributed by atoms with Crippen molar-refractivity contribution in [1.82, 2.24) is 15.1 Å². The molecule has 2 heterocycles. The van der Waals surface area contributed by atoms with E-state index >= 15 is 0 Å². The summed E-state index contributed by atoms with van der Waals surface area (Å²) in [5.41, 5.74) is 1.92. The molecule has 0 aromatic carbocycles. The minimum Gasteiger partial charge on any atom is -0.496 e. The zero-order valence-electron chi connectivity index (χ0n) is 12.2. The van der Waals surface area contributed by atoms with Crippen LogP contribution in [0.5, 0.6) is 5.75 Å². The highest BCUT2D eigenvalue weighted by atomic mass is 35.5. The number of hydrogen-bond donors (Lipinski definition) is 1. The summed E-state index contributed by atoms with van der Waals surface area (Å²) in [6.07, 6.45) is 0.793. The van der Waals surface area contributed by atoms with Gasteiger partial charge in [0.25, 0.3) is 0 Å². The second kappa shape index (κ2) is 6.61. The maximum absolute atomic E-state index is 6.35. The van der Waals surface area contributed by atoms with Gasteiger partial charge >= 0.3 is 0 Å². The molecule has 0 aliphatic heterocycles. The summed E-state index contributed by atoms with van der Waals surface area (Å²) >= 11 is 8.05. The van der Waals surface area contributed by atoms with Crippen molar-refractivity contribution in [3.8, 4) is 5.75 Å². The molecule has 0 spiro atoms. The highest BCUT2D eigenvalue weighted by Gasteiger charge is 2.21. The molecule has 110 valence electrons. The van der Waals surface area contributed by atoms with Crippen LogP contribution >= 0.6 is 22.9 Å². The molecule has 2 rings (SSSR count). The normalized spacial score (nSPS) is 12.7. The van der Waals surface area contributed by atoms with E-state index < -0.39 is 0 Å². The van der Waals surface area contributed by atoms with Crippen LogP contribution in [0.1, 0.15) is 29.2 Å². The summed E-state index contributed by atoms with van der Waals surface area (Å²) in [5, 5.41) is 10.7. The second-order valence-electron chi connectivity index (χ2n) is 4.64. The molecule has 0 bridgehead atoms. The van der Waals surface area contributed by atoms with Crippen molar-refractivity contribution < 1.29 is 4.74 Å². The summed E-state index contributed by atoms with van der Waals surface area (Å²) in [5.74, 6) is 0.927. The zero-order chi connectivity index (χ0) is 14.7. The molecule has 6 heteroatoms. The Morgan fingerprint density at radius 2 is 2.30 bits per heavy atom. The van der Waals surface area contributed by atoms with Gasteiger partial charge in [0.2, 0.25) is 0 Å². The van der Waals surface area contributed by atoms with Gasteiger partial charge in [-0.2, -0.15) is 5.10 Å². The molecule has 0 aliphatic rings. The summed E-state index contributed by atoms with van der Waals surface area (Å²) in [4.78, 5) is 1.20. The fraction of sp³-hybridized carbons (Fsp3) is 0.500. The van der Waals surface area contributed by atoms with Crippen molar-refractivity contribution in [3.63, 3.8) is 0 Å². The Morgan fingerprint density at radius 3 is 2.85 bits per heavy atom. The number of ether oxygens (including phenoxy) is 1. The largest absolute Gasteiger partial charge is 0.496 e. The number of rotatable bonds is 6. The fourth-order valence-corrected chi connectivity index (χ4v) is 3.50. The molecular formula is C14H20ClN3OS. The van der Waals surface area contributed by atoms with Crippen LogP contribution < -0.4 is 10.1 Å². The van der Waals surface area contributed by atoms with E-state index in [9.17, 15) is 0 Å². The Labute approximate surface area is 128 Å². The van der Waals surface area contributed by atoms with Gasteiger partial charge in [0.05, 0.1) is 34.4 Å². The van der Waals surface area contributed by atoms with Crippen molar-refractivity contribution in [2.45, 2.75) is 26.3 Å². The Balaban J connectivity index is 2.30. The van der Waals surface area contributed by atoms with E-state index in [2.05, 4.69) is 22.7 Å². The lowest BCUT2D eigenvalue weighted by molar-refractivity contribution is 0.402. The summed E-state index contributed by atoms with van der Waals surface area (Å²) in [6, 6.07) is 2.18. The van der Waals surface area contributed by atoms with Crippen molar-refractivity contribution in [3.05, 3.63) is 32.7 Å². The number of aromatic nitrogens is 2. The third-order valence-electron chi connectivity index (χ3n) is 3.30. The van der Waals surface area contributed by atoms with Crippen LogP contribution in [-0.4, -0.2) is 23.4 Å². The Morgan fingerprint density at radius 1 is 1.55 bits per heavy atom. The predicted molar refractivity (Wildman–Crippen MR) is 83.9 cm³/mol. The smallest absolute Gasteiger partial charge is 0.134 e. The number of nitrogens with one attached hydrogen (secondary N) is 1. The maximum Gasteiger partial charge on any atom is 0.134 e. The number of thiophene rings is 1. The molecule has 2 aromatic heterocycles. The van der Waals surface area contributed by atoms with Gasteiger partial charge in [-0.25, -0.2) is 0 Å². The number of halogens is 1. The highest BCUT2D eigenvalue weighted by Crippen LogP contribution is 2.34. The molecule has 20 heavy (non-hydrogen) atoms. The van der Waals surface area contributed by atoms with Gasteiger partial charge in [-0.05, 0) is 24.9 Å². The Bertz CT molecular complexity index is 579. The van der Waals surface area contributed by atoms with Crippen molar-refractivity contribution in [2.75, 3.05) is 13.7 Å². The van der Waals surface area contributed by atoms with Gasteiger partial charge in [0.15, 0.2) is 0 Å². The number of methoxy groups -OCH3 is 1. The average molecular weight is 314 g/mol. The molecule has 1 N–H and O–H groups in total. The van der Waals surface area contributed by atoms with E-state index in [-0.39, 0.29) is 6.04 Å². The molecule has 0 saturated carbocycles. The number of likely N-dealkylation sites (N-methyl/N-ethyl adjacent to an activating group) is 1. The summed E-state index contributed by atoms with van der Waals surface area (Å²) < 4.78 is 7.29. The second-order valence-corrected chi connectivity index (χ2v) is 5.96. The standard InChI is InChI=1S/C14H20ClN3OS/c1-5-16-10(14-12(19-4)6-7-20-14)8-11-13(15)9(2)17-18(11)3/h6-7,10,16H,5,8H2,1-4H3. The number of aryl methyl sites for hydroxylation is 2. The summed E-state index contributed by atoms with van der Waals surface area (Å²) in [7, 11) is 3.64. The van der Waals surface area contributed by atoms with E-state index in [0.717, 1.165) is 35.1 Å². The highest BCUT2D eigenvalue weighted by molar-refractivity contribution is 7.10. The minimum atomic E-state index is 0.183. The van der Waals surface area contributed by atoms with E-state index in [1.54, 1.807) is 18.4 Å². The SMILES string of the molecule is CCNC(Cc1c(Cl)c(C)nn1C)c1sccc1OC. The van der Waals surface area contributed by atoms with Crippen molar-refractivity contribution in [2.24, 2.45) is 7.05 Å². The van der Waals surface area contributed by atoms with E-state index in [4.69, 9.17) is 16.3 Å². The first-order valence-corrected chi connectivity index (χ1v) is 7.87. The molecule has 4 nitrogen and oxygen atoms in total. The fourth-order valence-electron chi connectivity index (χ4n) is 2.33. The van der Waals surface area contributed by atoms with Crippen LogP contribution in [0.25, 0.3) is 0 Å². The van der Waals surface area contributed by atoms with Crippen molar-refractivity contribution in [1.29, 1.82) is 0 Å². The van der Waals surface area contributed by atoms with Gasteiger partial charge in [0.1, 0.15) is 5.75 Å². The molecule has 0 radical (unpaired) electrons. The van der Waals surface area contributed by atoms with Crippen LogP contribution in [0.4, 0.5) is 0 Å². The van der Waals surface area contributed by atoms with E-state index in [0.29, 0.717) is 0 Å². The van der Waals surface area contributed by atoms with Crippen LogP contribution in [0, 0.1) is 6.92 Å². The quantitative estimate of drug-likeness (QED) is 0.889. The monoisotopic (exact) mass is 313 g/mol. The molecular weight excluding hydrogens is 294 g/mol. The molecule has 1 atom stereocenters. The van der Waals surface area contributed by atoms with E-state index in [1.165, 1.54) is 4.88 Å². The number of nitrogens with zero attached hydrogens (tertiary/aromatic N) is 2.